The molecule has 0 saturated heterocycles. The number of aromatic nitrogens is 1. The summed E-state index contributed by atoms with van der Waals surface area (Å²) in [4.78, 5) is 27.7. The number of carbonyl (C=O) groups excluding carboxylic acids is 1. The van der Waals surface area contributed by atoms with Gasteiger partial charge in [-0.05, 0) is 43.4 Å². The Morgan fingerprint density at radius 2 is 1.92 bits per heavy atom. The van der Waals surface area contributed by atoms with Gasteiger partial charge < -0.3 is 15.2 Å². The molecule has 1 aliphatic rings. The smallest absolute Gasteiger partial charge is 0.307 e. The van der Waals surface area contributed by atoms with E-state index in [2.05, 4.69) is 10.3 Å². The Hall–Kier alpha value is -2.89. The number of para-hydroxylation sites is 1. The van der Waals surface area contributed by atoms with Crippen LogP contribution in [0.4, 0.5) is 5.69 Å². The molecule has 1 aromatic carbocycles. The zero-order chi connectivity index (χ0) is 18.4. The van der Waals surface area contributed by atoms with Gasteiger partial charge in [0, 0.05) is 23.5 Å². The van der Waals surface area contributed by atoms with Gasteiger partial charge in [-0.2, -0.15) is 0 Å². The van der Waals surface area contributed by atoms with Crippen LogP contribution < -0.4 is 10.1 Å². The third kappa shape index (κ3) is 4.81. The van der Waals surface area contributed by atoms with Crippen molar-refractivity contribution in [2.75, 3.05) is 5.32 Å². The van der Waals surface area contributed by atoms with Gasteiger partial charge in [-0.3, -0.25) is 9.59 Å². The highest BCUT2D eigenvalue weighted by atomic mass is 16.5. The van der Waals surface area contributed by atoms with Gasteiger partial charge in [0.25, 0.3) is 5.91 Å². The predicted molar refractivity (Wildman–Crippen MR) is 97.5 cm³/mol. The van der Waals surface area contributed by atoms with E-state index in [-0.39, 0.29) is 18.4 Å². The third-order valence-corrected chi connectivity index (χ3v) is 4.44. The maximum absolute atomic E-state index is 12.6. The predicted octanol–water partition coefficient (Wildman–Crippen LogP) is 3.67. The minimum absolute atomic E-state index is 0.150. The van der Waals surface area contributed by atoms with E-state index in [9.17, 15) is 9.59 Å². The third-order valence-electron chi connectivity index (χ3n) is 4.44. The van der Waals surface area contributed by atoms with Crippen LogP contribution in [0.3, 0.4) is 0 Å². The molecular weight excluding hydrogens is 332 g/mol. The van der Waals surface area contributed by atoms with E-state index >= 15 is 0 Å². The van der Waals surface area contributed by atoms with Crippen molar-refractivity contribution >= 4 is 17.6 Å². The fourth-order valence-corrected chi connectivity index (χ4v) is 3.12. The van der Waals surface area contributed by atoms with Gasteiger partial charge in [0.2, 0.25) is 5.88 Å². The minimum Gasteiger partial charge on any atom is -0.481 e. The van der Waals surface area contributed by atoms with Gasteiger partial charge in [-0.15, -0.1) is 0 Å². The molecule has 1 heterocycles. The fourth-order valence-electron chi connectivity index (χ4n) is 3.12. The van der Waals surface area contributed by atoms with Crippen LogP contribution in [0.25, 0.3) is 0 Å². The van der Waals surface area contributed by atoms with Crippen LogP contribution in [0, 0.1) is 0 Å². The molecule has 0 spiro atoms. The Morgan fingerprint density at radius 3 is 2.69 bits per heavy atom. The molecule has 6 nitrogen and oxygen atoms in total. The Kier molecular flexibility index (Phi) is 5.84. The van der Waals surface area contributed by atoms with E-state index in [1.165, 1.54) is 6.42 Å². The lowest BCUT2D eigenvalue weighted by molar-refractivity contribution is -0.136. The van der Waals surface area contributed by atoms with Crippen molar-refractivity contribution in [3.63, 3.8) is 0 Å². The molecule has 26 heavy (non-hydrogen) atoms. The molecule has 136 valence electrons. The summed E-state index contributed by atoms with van der Waals surface area (Å²) < 4.78 is 5.90. The number of nitrogens with one attached hydrogen (secondary N) is 1. The summed E-state index contributed by atoms with van der Waals surface area (Å²) in [5.74, 6) is -0.819. The molecule has 2 N–H and O–H groups in total. The second kappa shape index (κ2) is 8.47. The zero-order valence-corrected chi connectivity index (χ0v) is 14.5. The summed E-state index contributed by atoms with van der Waals surface area (Å²) in [5.41, 5.74) is 1.48. The van der Waals surface area contributed by atoms with Crippen molar-refractivity contribution < 1.29 is 19.4 Å². The lowest BCUT2D eigenvalue weighted by atomic mass is 9.98. The second-order valence-corrected chi connectivity index (χ2v) is 6.44. The highest BCUT2D eigenvalue weighted by Gasteiger charge is 2.17. The van der Waals surface area contributed by atoms with Crippen molar-refractivity contribution in [2.45, 2.75) is 44.6 Å². The van der Waals surface area contributed by atoms with E-state index in [0.29, 0.717) is 22.7 Å². The first-order valence-corrected chi connectivity index (χ1v) is 8.85. The number of hydrogen-bond acceptors (Lipinski definition) is 4. The Labute approximate surface area is 152 Å². The van der Waals surface area contributed by atoms with Crippen molar-refractivity contribution in [3.05, 3.63) is 53.7 Å². The number of ether oxygens (including phenoxy) is 1. The number of benzene rings is 1. The minimum atomic E-state index is -0.946. The summed E-state index contributed by atoms with van der Waals surface area (Å²) in [5, 5.41) is 11.8. The summed E-state index contributed by atoms with van der Waals surface area (Å²) >= 11 is 0. The van der Waals surface area contributed by atoms with Gasteiger partial charge in [0.05, 0.1) is 6.42 Å². The van der Waals surface area contributed by atoms with Crippen molar-refractivity contribution in [2.24, 2.45) is 0 Å². The largest absolute Gasteiger partial charge is 0.481 e. The quantitative estimate of drug-likeness (QED) is 0.826. The summed E-state index contributed by atoms with van der Waals surface area (Å²) in [6.07, 6.45) is 7.15. The number of nitrogens with zero attached hydrogens (tertiary/aromatic N) is 1. The molecule has 1 aromatic heterocycles. The van der Waals surface area contributed by atoms with Crippen LogP contribution in [-0.2, 0) is 11.2 Å². The van der Waals surface area contributed by atoms with Crippen molar-refractivity contribution in [3.8, 4) is 5.88 Å². The summed E-state index contributed by atoms with van der Waals surface area (Å²) in [6, 6.07) is 10.1. The van der Waals surface area contributed by atoms with Crippen LogP contribution in [0.2, 0.25) is 0 Å². The molecule has 1 aliphatic carbocycles. The Balaban J connectivity index is 1.70. The molecule has 6 heteroatoms. The van der Waals surface area contributed by atoms with Crippen LogP contribution in [0.5, 0.6) is 5.88 Å². The molecular formula is C20H22N2O4. The second-order valence-electron chi connectivity index (χ2n) is 6.44. The molecule has 0 unspecified atom stereocenters. The first-order valence-electron chi connectivity index (χ1n) is 8.85. The van der Waals surface area contributed by atoms with Crippen LogP contribution >= 0.6 is 0 Å². The number of carboxylic acid groups (broad SMARTS) is 1. The van der Waals surface area contributed by atoms with Gasteiger partial charge in [-0.1, -0.05) is 24.6 Å². The highest BCUT2D eigenvalue weighted by Crippen LogP contribution is 2.23. The number of hydrogen-bond donors (Lipinski definition) is 2. The highest BCUT2D eigenvalue weighted by molar-refractivity contribution is 6.05. The normalized spacial score (nSPS) is 14.6. The molecule has 0 aliphatic heterocycles. The number of pyridine rings is 1. The van der Waals surface area contributed by atoms with Crippen LogP contribution in [-0.4, -0.2) is 28.1 Å². The van der Waals surface area contributed by atoms with E-state index in [1.54, 1.807) is 42.6 Å². The molecule has 0 bridgehead atoms. The van der Waals surface area contributed by atoms with Gasteiger partial charge in [-0.25, -0.2) is 4.98 Å². The number of aliphatic carboxylic acids is 1. The molecule has 1 amide bonds. The Bertz CT molecular complexity index is 785. The van der Waals surface area contributed by atoms with Gasteiger partial charge >= 0.3 is 5.97 Å². The van der Waals surface area contributed by atoms with Crippen molar-refractivity contribution in [1.29, 1.82) is 0 Å². The fraction of sp³-hybridized carbons (Fsp3) is 0.350. The SMILES string of the molecule is O=C(O)Cc1ccccc1NC(=O)c1ccnc(OC2CCCCC2)c1. The van der Waals surface area contributed by atoms with Crippen LogP contribution in [0.15, 0.2) is 42.6 Å². The average Bonchev–Trinajstić information content (AvgIpc) is 2.64. The topological polar surface area (TPSA) is 88.5 Å². The maximum atomic E-state index is 12.6. The molecule has 1 saturated carbocycles. The van der Waals surface area contributed by atoms with E-state index < -0.39 is 5.97 Å². The zero-order valence-electron chi connectivity index (χ0n) is 14.5. The van der Waals surface area contributed by atoms with Crippen molar-refractivity contribution in [1.82, 2.24) is 4.98 Å². The monoisotopic (exact) mass is 354 g/mol. The average molecular weight is 354 g/mol. The molecule has 0 atom stereocenters. The van der Waals surface area contributed by atoms with Gasteiger partial charge in [0.15, 0.2) is 0 Å². The Morgan fingerprint density at radius 1 is 1.15 bits per heavy atom. The number of rotatable bonds is 6. The maximum Gasteiger partial charge on any atom is 0.307 e. The van der Waals surface area contributed by atoms with E-state index in [1.807, 2.05) is 0 Å². The number of carboxylic acids is 1. The van der Waals surface area contributed by atoms with Gasteiger partial charge in [0.1, 0.15) is 6.10 Å². The molecule has 2 aromatic rings. The molecule has 1 fully saturated rings. The van der Waals surface area contributed by atoms with Crippen LogP contribution in [0.1, 0.15) is 48.0 Å². The lowest BCUT2D eigenvalue weighted by Gasteiger charge is -2.22. The molecule has 3 rings (SSSR count). The van der Waals surface area contributed by atoms with E-state index in [0.717, 1.165) is 25.7 Å². The number of anilines is 1. The van der Waals surface area contributed by atoms with E-state index in [4.69, 9.17) is 9.84 Å². The molecule has 0 radical (unpaired) electrons. The number of amides is 1. The lowest BCUT2D eigenvalue weighted by Crippen LogP contribution is -2.20. The first-order chi connectivity index (χ1) is 12.6. The number of carbonyl (C=O) groups is 2. The standard InChI is InChI=1S/C20H22N2O4/c23-19(24)13-14-6-4-5-9-17(14)22-20(25)15-10-11-21-18(12-15)26-16-7-2-1-3-8-16/h4-6,9-12,16H,1-3,7-8,13H2,(H,22,25)(H,23,24). The summed E-state index contributed by atoms with van der Waals surface area (Å²) in [7, 11) is 0. The summed E-state index contributed by atoms with van der Waals surface area (Å²) in [6.45, 7) is 0. The first kappa shape index (κ1) is 17.9.